The zero-order valence-corrected chi connectivity index (χ0v) is 12.1. The van der Waals surface area contributed by atoms with E-state index in [9.17, 15) is 4.79 Å². The van der Waals surface area contributed by atoms with Crippen LogP contribution in [0.4, 0.5) is 0 Å². The van der Waals surface area contributed by atoms with Gasteiger partial charge in [-0.1, -0.05) is 0 Å². The number of nitrogens with one attached hydrogen (secondary N) is 3. The largest absolute Gasteiger partial charge is 0.480 e. The fourth-order valence-electron chi connectivity index (χ4n) is 1.60. The molecule has 1 atom stereocenters. The van der Waals surface area contributed by atoms with Gasteiger partial charge in [0.25, 0.3) is 0 Å². The van der Waals surface area contributed by atoms with Crippen LogP contribution in [0, 0.1) is 0 Å². The predicted molar refractivity (Wildman–Crippen MR) is 78.4 cm³/mol. The third-order valence-corrected chi connectivity index (χ3v) is 2.87. The lowest BCUT2D eigenvalue weighted by Gasteiger charge is -2.09. The highest BCUT2D eigenvalue weighted by molar-refractivity contribution is 5.72. The zero-order valence-electron chi connectivity index (χ0n) is 12.1. The van der Waals surface area contributed by atoms with E-state index in [0.717, 1.165) is 58.5 Å². The Bertz CT molecular complexity index is 215. The minimum atomic E-state index is -0.796. The number of carbonyl (C=O) groups is 1. The van der Waals surface area contributed by atoms with E-state index in [4.69, 9.17) is 10.8 Å². The first-order valence-corrected chi connectivity index (χ1v) is 7.26. The molecule has 0 saturated carbocycles. The molecule has 0 fully saturated rings. The molecule has 0 heterocycles. The van der Waals surface area contributed by atoms with Gasteiger partial charge in [0.15, 0.2) is 0 Å². The van der Waals surface area contributed by atoms with Gasteiger partial charge in [-0.3, -0.25) is 4.79 Å². The molecule has 6 nitrogen and oxygen atoms in total. The molecule has 19 heavy (non-hydrogen) atoms. The lowest BCUT2D eigenvalue weighted by Crippen LogP contribution is -2.35. The summed E-state index contributed by atoms with van der Waals surface area (Å²) >= 11 is 0. The summed E-state index contributed by atoms with van der Waals surface area (Å²) in [6.45, 7) is 7.17. The van der Waals surface area contributed by atoms with Crippen molar-refractivity contribution in [3.05, 3.63) is 0 Å². The van der Waals surface area contributed by atoms with E-state index in [-0.39, 0.29) is 0 Å². The van der Waals surface area contributed by atoms with Crippen molar-refractivity contribution in [2.24, 2.45) is 5.73 Å². The normalized spacial score (nSPS) is 12.5. The van der Waals surface area contributed by atoms with Gasteiger partial charge in [-0.15, -0.1) is 0 Å². The van der Waals surface area contributed by atoms with Gasteiger partial charge in [0.2, 0.25) is 0 Å². The molecule has 0 spiro atoms. The van der Waals surface area contributed by atoms with Crippen LogP contribution in [0.5, 0.6) is 0 Å². The highest BCUT2D eigenvalue weighted by atomic mass is 16.4. The van der Waals surface area contributed by atoms with E-state index in [1.807, 2.05) is 0 Å². The van der Waals surface area contributed by atoms with Crippen LogP contribution < -0.4 is 21.7 Å². The quantitative estimate of drug-likeness (QED) is 0.280. The monoisotopic (exact) mass is 274 g/mol. The number of carboxylic acid groups (broad SMARTS) is 1. The van der Waals surface area contributed by atoms with Crippen molar-refractivity contribution < 1.29 is 9.90 Å². The molecule has 0 aliphatic rings. The van der Waals surface area contributed by atoms with Gasteiger partial charge in [-0.2, -0.15) is 0 Å². The summed E-state index contributed by atoms with van der Waals surface area (Å²) in [5.74, 6) is -0.796. The maximum Gasteiger partial charge on any atom is 0.320 e. The summed E-state index contributed by atoms with van der Waals surface area (Å²) in [4.78, 5) is 10.5. The summed E-state index contributed by atoms with van der Waals surface area (Å²) in [7, 11) is 0. The Morgan fingerprint density at radius 2 is 1.53 bits per heavy atom. The van der Waals surface area contributed by atoms with Gasteiger partial charge in [0.05, 0.1) is 0 Å². The fraction of sp³-hybridized carbons (Fsp3) is 0.923. The number of aliphatic carboxylic acids is 1. The smallest absolute Gasteiger partial charge is 0.320 e. The Balaban J connectivity index is 3.05. The molecule has 0 aromatic heterocycles. The van der Waals surface area contributed by atoms with Crippen molar-refractivity contribution in [1.82, 2.24) is 16.0 Å². The SMILES string of the molecule is C[C@H](NCCCNCCCCNCCCN)C(=O)O. The molecule has 0 aliphatic heterocycles. The number of rotatable bonds is 14. The first-order valence-electron chi connectivity index (χ1n) is 7.26. The van der Waals surface area contributed by atoms with Crippen molar-refractivity contribution >= 4 is 5.97 Å². The fourth-order valence-corrected chi connectivity index (χ4v) is 1.60. The van der Waals surface area contributed by atoms with E-state index in [1.54, 1.807) is 6.92 Å². The van der Waals surface area contributed by atoms with Crippen LogP contribution in [0.25, 0.3) is 0 Å². The Hall–Kier alpha value is -0.690. The number of hydrogen-bond donors (Lipinski definition) is 5. The van der Waals surface area contributed by atoms with Crippen LogP contribution in [-0.2, 0) is 4.79 Å². The minimum Gasteiger partial charge on any atom is -0.480 e. The topological polar surface area (TPSA) is 99.4 Å². The Morgan fingerprint density at radius 1 is 1.00 bits per heavy atom. The maximum atomic E-state index is 10.5. The molecule has 0 amide bonds. The molecular formula is C13H30N4O2. The molecule has 0 bridgehead atoms. The van der Waals surface area contributed by atoms with Gasteiger partial charge in [-0.25, -0.2) is 0 Å². The van der Waals surface area contributed by atoms with E-state index >= 15 is 0 Å². The third kappa shape index (κ3) is 13.5. The molecule has 0 aromatic rings. The first-order chi connectivity index (χ1) is 9.18. The van der Waals surface area contributed by atoms with E-state index in [0.29, 0.717) is 0 Å². The van der Waals surface area contributed by atoms with Crippen molar-refractivity contribution in [3.63, 3.8) is 0 Å². The first kappa shape index (κ1) is 18.3. The average Bonchev–Trinajstić information content (AvgIpc) is 2.39. The van der Waals surface area contributed by atoms with Crippen LogP contribution in [0.2, 0.25) is 0 Å². The minimum absolute atomic E-state index is 0.459. The molecule has 0 rings (SSSR count). The Morgan fingerprint density at radius 3 is 2.05 bits per heavy atom. The van der Waals surface area contributed by atoms with Gasteiger partial charge in [0.1, 0.15) is 6.04 Å². The highest BCUT2D eigenvalue weighted by Crippen LogP contribution is 1.86. The zero-order chi connectivity index (χ0) is 14.3. The second kappa shape index (κ2) is 13.7. The Kier molecular flexibility index (Phi) is 13.2. The third-order valence-electron chi connectivity index (χ3n) is 2.87. The van der Waals surface area contributed by atoms with Crippen LogP contribution in [-0.4, -0.2) is 56.4 Å². The van der Waals surface area contributed by atoms with Crippen molar-refractivity contribution in [2.75, 3.05) is 39.3 Å². The summed E-state index contributed by atoms with van der Waals surface area (Å²) in [6.07, 6.45) is 4.33. The van der Waals surface area contributed by atoms with Crippen LogP contribution >= 0.6 is 0 Å². The second-order valence-electron chi connectivity index (χ2n) is 4.72. The number of unbranched alkanes of at least 4 members (excludes halogenated alkanes) is 1. The van der Waals surface area contributed by atoms with Gasteiger partial charge < -0.3 is 26.8 Å². The molecule has 6 N–H and O–H groups in total. The molecule has 0 saturated heterocycles. The van der Waals surface area contributed by atoms with Crippen LogP contribution in [0.1, 0.15) is 32.6 Å². The number of hydrogen-bond acceptors (Lipinski definition) is 5. The molecule has 0 unspecified atom stereocenters. The molecule has 0 radical (unpaired) electrons. The molecule has 0 aromatic carbocycles. The number of nitrogens with two attached hydrogens (primary N) is 1. The molecule has 0 aliphatic carbocycles. The van der Waals surface area contributed by atoms with Gasteiger partial charge in [0, 0.05) is 0 Å². The molecule has 6 heteroatoms. The molecular weight excluding hydrogens is 244 g/mol. The number of carboxylic acids is 1. The Labute approximate surface area is 116 Å². The average molecular weight is 274 g/mol. The van der Waals surface area contributed by atoms with Gasteiger partial charge in [-0.05, 0) is 71.9 Å². The van der Waals surface area contributed by atoms with Crippen molar-refractivity contribution in [3.8, 4) is 0 Å². The lowest BCUT2D eigenvalue weighted by molar-refractivity contribution is -0.138. The molecule has 114 valence electrons. The summed E-state index contributed by atoms with van der Waals surface area (Å²) in [5.41, 5.74) is 5.40. The van der Waals surface area contributed by atoms with E-state index < -0.39 is 12.0 Å². The predicted octanol–water partition coefficient (Wildman–Crippen LogP) is -0.253. The standard InChI is InChI=1S/C13H30N4O2/c1-12(13(18)19)17-11-5-10-16-8-3-2-7-15-9-4-6-14/h12,15-17H,2-11,14H2,1H3,(H,18,19)/t12-/m0/s1. The van der Waals surface area contributed by atoms with E-state index in [2.05, 4.69) is 16.0 Å². The maximum absolute atomic E-state index is 10.5. The van der Waals surface area contributed by atoms with Crippen molar-refractivity contribution in [2.45, 2.75) is 38.6 Å². The van der Waals surface area contributed by atoms with Gasteiger partial charge >= 0.3 is 5.97 Å². The van der Waals surface area contributed by atoms with E-state index in [1.165, 1.54) is 6.42 Å². The van der Waals surface area contributed by atoms with Crippen LogP contribution in [0.3, 0.4) is 0 Å². The summed E-state index contributed by atoms with van der Waals surface area (Å²) < 4.78 is 0. The lowest BCUT2D eigenvalue weighted by atomic mass is 10.3. The highest BCUT2D eigenvalue weighted by Gasteiger charge is 2.07. The summed E-state index contributed by atoms with van der Waals surface area (Å²) in [5, 5.41) is 18.3. The van der Waals surface area contributed by atoms with Crippen LogP contribution in [0.15, 0.2) is 0 Å². The van der Waals surface area contributed by atoms with Crippen molar-refractivity contribution in [1.29, 1.82) is 0 Å². The second-order valence-corrected chi connectivity index (χ2v) is 4.72. The summed E-state index contributed by atoms with van der Waals surface area (Å²) in [6, 6.07) is -0.459.